The molecule has 2 fully saturated rings. The minimum absolute atomic E-state index is 0.532. The van der Waals surface area contributed by atoms with Crippen molar-refractivity contribution in [2.24, 2.45) is 0 Å². The standard InChI is InChI=1S/C27H35ClN6/c1-3-23-19-33(27-25(28)16-22(17-31-27)26-29-10-11-30-26)14-15-34(23)24-8-12-32(13-9-24)18-21-6-4-20(2)5-7-21/h4-7,10-11,16-17,23-24H,3,8-9,12-15,18-19H2,1-2H3,(H,29,30)/t23-/m0/s1. The molecule has 1 atom stereocenters. The fourth-order valence-corrected chi connectivity index (χ4v) is 5.77. The molecule has 0 saturated carbocycles. The second kappa shape index (κ2) is 10.5. The number of H-pyrrole nitrogens is 1. The van der Waals surface area contributed by atoms with Crippen LogP contribution in [0.5, 0.6) is 0 Å². The SMILES string of the molecule is CC[C@H]1CN(c2ncc(-c3ncc[nH]3)cc2Cl)CCN1C1CCN(Cc2ccc(C)cc2)CC1. The summed E-state index contributed by atoms with van der Waals surface area (Å²) in [6.07, 6.45) is 9.07. The predicted molar refractivity (Wildman–Crippen MR) is 139 cm³/mol. The summed E-state index contributed by atoms with van der Waals surface area (Å²) in [4.78, 5) is 19.9. The van der Waals surface area contributed by atoms with Crippen LogP contribution in [0.3, 0.4) is 0 Å². The number of nitrogens with zero attached hydrogens (tertiary/aromatic N) is 5. The third kappa shape index (κ3) is 5.14. The summed E-state index contributed by atoms with van der Waals surface area (Å²) in [6.45, 7) is 10.9. The van der Waals surface area contributed by atoms with E-state index in [1.54, 1.807) is 6.20 Å². The Kier molecular flexibility index (Phi) is 7.18. The Balaban J connectivity index is 1.18. The zero-order valence-electron chi connectivity index (χ0n) is 20.3. The number of hydrogen-bond donors (Lipinski definition) is 1. The van der Waals surface area contributed by atoms with E-state index < -0.39 is 0 Å². The molecular formula is C27H35ClN6. The Bertz CT molecular complexity index is 1060. The largest absolute Gasteiger partial charge is 0.353 e. The van der Waals surface area contributed by atoms with E-state index in [2.05, 4.69) is 62.8 Å². The van der Waals surface area contributed by atoms with Crippen LogP contribution in [0.25, 0.3) is 11.4 Å². The van der Waals surface area contributed by atoms with Gasteiger partial charge >= 0.3 is 0 Å². The predicted octanol–water partition coefficient (Wildman–Crippen LogP) is 5.00. The lowest BCUT2D eigenvalue weighted by molar-refractivity contribution is 0.0610. The summed E-state index contributed by atoms with van der Waals surface area (Å²) >= 11 is 6.68. The molecule has 7 heteroatoms. The van der Waals surface area contributed by atoms with Gasteiger partial charge in [-0.05, 0) is 50.9 Å². The molecule has 0 aliphatic carbocycles. The van der Waals surface area contributed by atoms with Crippen molar-refractivity contribution in [2.45, 2.75) is 51.7 Å². The van der Waals surface area contributed by atoms with Gasteiger partial charge in [-0.25, -0.2) is 9.97 Å². The number of rotatable bonds is 6. The maximum atomic E-state index is 6.68. The maximum Gasteiger partial charge on any atom is 0.147 e. The number of halogens is 1. The lowest BCUT2D eigenvalue weighted by Crippen LogP contribution is -2.58. The summed E-state index contributed by atoms with van der Waals surface area (Å²) < 4.78 is 0. The lowest BCUT2D eigenvalue weighted by atomic mass is 9.97. The average Bonchev–Trinajstić information content (AvgIpc) is 3.41. The second-order valence-corrected chi connectivity index (χ2v) is 10.1. The quantitative estimate of drug-likeness (QED) is 0.540. The Hall–Kier alpha value is -2.41. The van der Waals surface area contributed by atoms with Crippen LogP contribution in [0.4, 0.5) is 5.82 Å². The highest BCUT2D eigenvalue weighted by Gasteiger charge is 2.34. The average molecular weight is 479 g/mol. The van der Waals surface area contributed by atoms with Gasteiger partial charge in [-0.2, -0.15) is 0 Å². The Labute approximate surface area is 208 Å². The molecule has 0 amide bonds. The molecular weight excluding hydrogens is 444 g/mol. The minimum atomic E-state index is 0.532. The number of imidazole rings is 1. The smallest absolute Gasteiger partial charge is 0.147 e. The van der Waals surface area contributed by atoms with Crippen molar-refractivity contribution in [3.63, 3.8) is 0 Å². The number of benzene rings is 1. The van der Waals surface area contributed by atoms with Crippen LogP contribution < -0.4 is 4.90 Å². The number of hydrogen-bond acceptors (Lipinski definition) is 5. The van der Waals surface area contributed by atoms with Gasteiger partial charge in [-0.3, -0.25) is 9.80 Å². The van der Waals surface area contributed by atoms with Crippen molar-refractivity contribution in [2.75, 3.05) is 37.6 Å². The van der Waals surface area contributed by atoms with Crippen molar-refractivity contribution in [3.05, 3.63) is 65.1 Å². The first kappa shape index (κ1) is 23.3. The third-order valence-electron chi connectivity index (χ3n) is 7.45. The minimum Gasteiger partial charge on any atom is -0.353 e. The monoisotopic (exact) mass is 478 g/mol. The summed E-state index contributed by atoms with van der Waals surface area (Å²) in [7, 11) is 0. The number of pyridine rings is 1. The van der Waals surface area contributed by atoms with Gasteiger partial charge in [0.1, 0.15) is 11.6 Å². The molecule has 3 aromatic rings. The Morgan fingerprint density at radius 1 is 1.06 bits per heavy atom. The molecule has 180 valence electrons. The topological polar surface area (TPSA) is 51.3 Å². The molecule has 2 aromatic heterocycles. The van der Waals surface area contributed by atoms with Gasteiger partial charge in [0.25, 0.3) is 0 Å². The molecule has 4 heterocycles. The van der Waals surface area contributed by atoms with Gasteiger partial charge in [0.2, 0.25) is 0 Å². The van der Waals surface area contributed by atoms with Gasteiger partial charge in [0.15, 0.2) is 0 Å². The number of nitrogens with one attached hydrogen (secondary N) is 1. The van der Waals surface area contributed by atoms with E-state index in [1.807, 2.05) is 18.5 Å². The zero-order valence-corrected chi connectivity index (χ0v) is 21.0. The molecule has 2 aliphatic rings. The molecule has 1 aromatic carbocycles. The molecule has 2 aliphatic heterocycles. The van der Waals surface area contributed by atoms with E-state index in [-0.39, 0.29) is 0 Å². The highest BCUT2D eigenvalue weighted by molar-refractivity contribution is 6.33. The van der Waals surface area contributed by atoms with Crippen LogP contribution in [-0.4, -0.2) is 69.6 Å². The molecule has 2 saturated heterocycles. The molecule has 34 heavy (non-hydrogen) atoms. The van der Waals surface area contributed by atoms with E-state index in [1.165, 1.54) is 37.1 Å². The summed E-state index contributed by atoms with van der Waals surface area (Å²) in [5, 5.41) is 0.696. The number of piperazine rings is 1. The first-order chi connectivity index (χ1) is 16.6. The van der Waals surface area contributed by atoms with Gasteiger partial charge < -0.3 is 9.88 Å². The summed E-state index contributed by atoms with van der Waals surface area (Å²) in [6, 6.07) is 12.2. The number of piperidine rings is 1. The fourth-order valence-electron chi connectivity index (χ4n) is 5.48. The Morgan fingerprint density at radius 2 is 1.85 bits per heavy atom. The molecule has 1 N–H and O–H groups in total. The normalized spacial score (nSPS) is 20.7. The van der Waals surface area contributed by atoms with E-state index in [4.69, 9.17) is 16.6 Å². The van der Waals surface area contributed by atoms with Crippen molar-refractivity contribution >= 4 is 17.4 Å². The molecule has 6 nitrogen and oxygen atoms in total. The first-order valence-electron chi connectivity index (χ1n) is 12.5. The van der Waals surface area contributed by atoms with E-state index in [9.17, 15) is 0 Å². The third-order valence-corrected chi connectivity index (χ3v) is 7.72. The summed E-state index contributed by atoms with van der Waals surface area (Å²) in [5.41, 5.74) is 3.67. The van der Waals surface area contributed by atoms with Crippen molar-refractivity contribution < 1.29 is 0 Å². The molecule has 0 radical (unpaired) electrons. The van der Waals surface area contributed by atoms with Crippen molar-refractivity contribution in [1.29, 1.82) is 0 Å². The van der Waals surface area contributed by atoms with Gasteiger partial charge in [-0.1, -0.05) is 48.4 Å². The van der Waals surface area contributed by atoms with E-state index in [0.29, 0.717) is 17.1 Å². The lowest BCUT2D eigenvalue weighted by Gasteiger charge is -2.47. The number of likely N-dealkylation sites (tertiary alicyclic amines) is 1. The van der Waals surface area contributed by atoms with Crippen molar-refractivity contribution in [1.82, 2.24) is 24.8 Å². The van der Waals surface area contributed by atoms with Gasteiger partial charge in [-0.15, -0.1) is 0 Å². The van der Waals surface area contributed by atoms with Crippen LogP contribution in [0.15, 0.2) is 48.9 Å². The number of aromatic amines is 1. The van der Waals surface area contributed by atoms with Crippen LogP contribution in [0.1, 0.15) is 37.3 Å². The van der Waals surface area contributed by atoms with Gasteiger partial charge in [0.05, 0.1) is 5.02 Å². The van der Waals surface area contributed by atoms with Gasteiger partial charge in [0, 0.05) is 62.4 Å². The van der Waals surface area contributed by atoms with Crippen LogP contribution in [0.2, 0.25) is 5.02 Å². The first-order valence-corrected chi connectivity index (χ1v) is 12.9. The van der Waals surface area contributed by atoms with E-state index in [0.717, 1.165) is 49.8 Å². The number of aromatic nitrogens is 3. The van der Waals surface area contributed by atoms with Crippen LogP contribution in [-0.2, 0) is 6.54 Å². The molecule has 0 spiro atoms. The van der Waals surface area contributed by atoms with E-state index >= 15 is 0 Å². The number of aryl methyl sites for hydroxylation is 1. The molecule has 5 rings (SSSR count). The van der Waals surface area contributed by atoms with Crippen LogP contribution >= 0.6 is 11.6 Å². The fraction of sp³-hybridized carbons (Fsp3) is 0.481. The highest BCUT2D eigenvalue weighted by atomic mass is 35.5. The van der Waals surface area contributed by atoms with Crippen molar-refractivity contribution in [3.8, 4) is 11.4 Å². The number of anilines is 1. The maximum absolute atomic E-state index is 6.68. The highest BCUT2D eigenvalue weighted by Crippen LogP contribution is 2.31. The second-order valence-electron chi connectivity index (χ2n) is 9.71. The zero-order chi connectivity index (χ0) is 23.5. The summed E-state index contributed by atoms with van der Waals surface area (Å²) in [5.74, 6) is 1.69. The van der Waals surface area contributed by atoms with Crippen LogP contribution in [0, 0.1) is 6.92 Å². The molecule has 0 bridgehead atoms. The molecule has 0 unspecified atom stereocenters. The Morgan fingerprint density at radius 3 is 2.53 bits per heavy atom.